The van der Waals surface area contributed by atoms with Gasteiger partial charge in [-0.05, 0) is 54.5 Å². The first-order valence-corrected chi connectivity index (χ1v) is 11.0. The fourth-order valence-electron chi connectivity index (χ4n) is 2.70. The van der Waals surface area contributed by atoms with Crippen LogP contribution in [0.3, 0.4) is 0 Å². The van der Waals surface area contributed by atoms with E-state index in [-0.39, 0.29) is 17.1 Å². The highest BCUT2D eigenvalue weighted by molar-refractivity contribution is 7.15. The molecule has 0 radical (unpaired) electrons. The van der Waals surface area contributed by atoms with E-state index in [1.54, 1.807) is 36.4 Å². The average Bonchev–Trinajstić information content (AvgIpc) is 3.25. The summed E-state index contributed by atoms with van der Waals surface area (Å²) in [6, 6.07) is 12.8. The minimum atomic E-state index is -0.603. The van der Waals surface area contributed by atoms with E-state index in [0.717, 1.165) is 17.8 Å². The molecule has 3 rings (SSSR count). The van der Waals surface area contributed by atoms with Crippen molar-refractivity contribution >= 4 is 46.0 Å². The van der Waals surface area contributed by atoms with Crippen molar-refractivity contribution in [3.63, 3.8) is 0 Å². The molecule has 0 aliphatic heterocycles. The Balaban J connectivity index is 1.76. The molecule has 1 amide bonds. The summed E-state index contributed by atoms with van der Waals surface area (Å²) in [5, 5.41) is 21.6. The number of aromatic nitrogens is 2. The molecule has 0 unspecified atom stereocenters. The van der Waals surface area contributed by atoms with Gasteiger partial charge in [0.05, 0.1) is 12.7 Å². The number of amides is 1. The Labute approximate surface area is 199 Å². The van der Waals surface area contributed by atoms with Crippen molar-refractivity contribution in [3.8, 4) is 17.6 Å². The Hall–Kier alpha value is -3.74. The summed E-state index contributed by atoms with van der Waals surface area (Å²) in [4.78, 5) is 24.9. The number of halogens is 1. The summed E-state index contributed by atoms with van der Waals surface area (Å²) in [5.74, 6) is -0.731. The first-order chi connectivity index (χ1) is 15.9. The number of hydrogen-bond donors (Lipinski definition) is 1. The number of methoxy groups -OCH3 is 1. The number of nitriles is 1. The molecule has 1 heterocycles. The van der Waals surface area contributed by atoms with Gasteiger partial charge < -0.3 is 9.47 Å². The third kappa shape index (κ3) is 6.38. The van der Waals surface area contributed by atoms with E-state index in [4.69, 9.17) is 21.1 Å². The van der Waals surface area contributed by atoms with Crippen molar-refractivity contribution in [2.45, 2.75) is 19.8 Å². The maximum absolute atomic E-state index is 12.5. The van der Waals surface area contributed by atoms with Crippen LogP contribution in [-0.2, 0) is 11.2 Å². The molecule has 0 atom stereocenters. The third-order valence-corrected chi connectivity index (χ3v) is 5.45. The number of nitrogens with zero attached hydrogens (tertiary/aromatic N) is 3. The summed E-state index contributed by atoms with van der Waals surface area (Å²) < 4.78 is 10.7. The number of hydrogen-bond acceptors (Lipinski definition) is 8. The summed E-state index contributed by atoms with van der Waals surface area (Å²) in [5.41, 5.74) is 0.705. The van der Waals surface area contributed by atoms with Crippen molar-refractivity contribution in [1.29, 1.82) is 5.26 Å². The highest BCUT2D eigenvalue weighted by Crippen LogP contribution is 2.30. The molecular weight excluding hydrogens is 464 g/mol. The van der Waals surface area contributed by atoms with Crippen molar-refractivity contribution in [2.75, 3.05) is 12.4 Å². The minimum absolute atomic E-state index is 0.129. The number of esters is 1. The normalized spacial score (nSPS) is 10.9. The SMILES string of the molecule is CCCc1nnc(NC(=O)/C(C#N)=C\c2ccc(OC(=O)c3ccc(Cl)cc3)c(OC)c2)s1. The van der Waals surface area contributed by atoms with Gasteiger partial charge in [-0.1, -0.05) is 35.9 Å². The van der Waals surface area contributed by atoms with Crippen LogP contribution in [0.4, 0.5) is 5.13 Å². The van der Waals surface area contributed by atoms with E-state index in [1.807, 2.05) is 13.0 Å². The number of rotatable bonds is 8. The maximum atomic E-state index is 12.5. The van der Waals surface area contributed by atoms with Crippen LogP contribution < -0.4 is 14.8 Å². The van der Waals surface area contributed by atoms with Crippen LogP contribution >= 0.6 is 22.9 Å². The van der Waals surface area contributed by atoms with E-state index in [9.17, 15) is 14.9 Å². The van der Waals surface area contributed by atoms with Gasteiger partial charge in [-0.2, -0.15) is 5.26 Å². The number of benzene rings is 2. The molecule has 0 saturated heterocycles. The van der Waals surface area contributed by atoms with Crippen LogP contribution in [0.25, 0.3) is 6.08 Å². The highest BCUT2D eigenvalue weighted by Gasteiger charge is 2.15. The number of nitrogens with one attached hydrogen (secondary N) is 1. The molecule has 0 saturated carbocycles. The van der Waals surface area contributed by atoms with Crippen LogP contribution in [0.5, 0.6) is 11.5 Å². The predicted molar refractivity (Wildman–Crippen MR) is 126 cm³/mol. The van der Waals surface area contributed by atoms with Gasteiger partial charge in [-0.3, -0.25) is 10.1 Å². The maximum Gasteiger partial charge on any atom is 0.343 e. The number of ether oxygens (including phenoxy) is 2. The van der Waals surface area contributed by atoms with Crippen LogP contribution in [0.1, 0.15) is 34.3 Å². The Morgan fingerprint density at radius 3 is 2.61 bits per heavy atom. The topological polar surface area (TPSA) is 114 Å². The van der Waals surface area contributed by atoms with E-state index < -0.39 is 11.9 Å². The van der Waals surface area contributed by atoms with Crippen LogP contribution in [0.2, 0.25) is 5.02 Å². The average molecular weight is 483 g/mol. The van der Waals surface area contributed by atoms with Gasteiger partial charge in [-0.25, -0.2) is 4.79 Å². The van der Waals surface area contributed by atoms with Crippen LogP contribution in [0.15, 0.2) is 48.0 Å². The zero-order valence-electron chi connectivity index (χ0n) is 17.8. The lowest BCUT2D eigenvalue weighted by atomic mass is 10.1. The second-order valence-corrected chi connectivity index (χ2v) is 8.18. The molecule has 0 fully saturated rings. The van der Waals surface area contributed by atoms with Gasteiger partial charge in [-0.15, -0.1) is 10.2 Å². The van der Waals surface area contributed by atoms with E-state index in [2.05, 4.69) is 15.5 Å². The predicted octanol–water partition coefficient (Wildman–Crippen LogP) is 4.92. The fourth-order valence-corrected chi connectivity index (χ4v) is 3.66. The van der Waals surface area contributed by atoms with Crippen molar-refractivity contribution in [3.05, 3.63) is 69.2 Å². The number of aryl methyl sites for hydroxylation is 1. The molecular formula is C23H19ClN4O4S. The number of carbonyl (C=O) groups is 2. The molecule has 2 aromatic carbocycles. The Morgan fingerprint density at radius 1 is 1.18 bits per heavy atom. The standard InChI is InChI=1S/C23H19ClN4O4S/c1-3-4-20-27-28-23(33-20)26-21(29)16(13-25)11-14-5-10-18(19(12-14)31-2)32-22(30)15-6-8-17(24)9-7-15/h5-12H,3-4H2,1-2H3,(H,26,28,29)/b16-11-. The fraction of sp³-hybridized carbons (Fsp3) is 0.174. The first-order valence-electron chi connectivity index (χ1n) is 9.84. The lowest BCUT2D eigenvalue weighted by Gasteiger charge is -2.10. The molecule has 168 valence electrons. The molecule has 8 nitrogen and oxygen atoms in total. The van der Waals surface area contributed by atoms with E-state index in [1.165, 1.54) is 30.6 Å². The summed E-state index contributed by atoms with van der Waals surface area (Å²) >= 11 is 7.11. The number of anilines is 1. The Morgan fingerprint density at radius 2 is 1.94 bits per heavy atom. The Kier molecular flexibility index (Phi) is 8.13. The van der Waals surface area contributed by atoms with Gasteiger partial charge in [0.15, 0.2) is 11.5 Å². The van der Waals surface area contributed by atoms with Gasteiger partial charge in [0.2, 0.25) is 5.13 Å². The third-order valence-electron chi connectivity index (χ3n) is 4.30. The highest BCUT2D eigenvalue weighted by atomic mass is 35.5. The molecule has 0 aliphatic carbocycles. The van der Waals surface area contributed by atoms with Gasteiger partial charge in [0, 0.05) is 11.4 Å². The molecule has 10 heteroatoms. The molecule has 33 heavy (non-hydrogen) atoms. The van der Waals surface area contributed by atoms with Gasteiger partial charge >= 0.3 is 5.97 Å². The zero-order valence-corrected chi connectivity index (χ0v) is 19.4. The lowest BCUT2D eigenvalue weighted by molar-refractivity contribution is -0.112. The van der Waals surface area contributed by atoms with E-state index in [0.29, 0.717) is 21.3 Å². The molecule has 0 bridgehead atoms. The summed E-state index contributed by atoms with van der Waals surface area (Å²) in [6.07, 6.45) is 3.08. The quantitative estimate of drug-likeness (QED) is 0.210. The molecule has 1 aromatic heterocycles. The summed E-state index contributed by atoms with van der Waals surface area (Å²) in [7, 11) is 1.42. The minimum Gasteiger partial charge on any atom is -0.493 e. The smallest absolute Gasteiger partial charge is 0.343 e. The lowest BCUT2D eigenvalue weighted by Crippen LogP contribution is -2.13. The largest absolute Gasteiger partial charge is 0.493 e. The van der Waals surface area contributed by atoms with Crippen LogP contribution in [0, 0.1) is 11.3 Å². The van der Waals surface area contributed by atoms with Gasteiger partial charge in [0.1, 0.15) is 16.6 Å². The Bertz CT molecular complexity index is 1230. The first kappa shape index (κ1) is 23.9. The van der Waals surface area contributed by atoms with Crippen molar-refractivity contribution in [2.24, 2.45) is 0 Å². The van der Waals surface area contributed by atoms with Crippen molar-refractivity contribution in [1.82, 2.24) is 10.2 Å². The molecule has 3 aromatic rings. The monoisotopic (exact) mass is 482 g/mol. The molecule has 1 N–H and O–H groups in total. The zero-order chi connectivity index (χ0) is 23.8. The second-order valence-electron chi connectivity index (χ2n) is 6.68. The molecule has 0 spiro atoms. The van der Waals surface area contributed by atoms with Crippen molar-refractivity contribution < 1.29 is 19.1 Å². The molecule has 0 aliphatic rings. The van der Waals surface area contributed by atoms with Gasteiger partial charge in [0.25, 0.3) is 5.91 Å². The number of carbonyl (C=O) groups excluding carboxylic acids is 2. The summed E-state index contributed by atoms with van der Waals surface area (Å²) in [6.45, 7) is 2.02. The van der Waals surface area contributed by atoms with E-state index >= 15 is 0 Å². The van der Waals surface area contributed by atoms with Crippen LogP contribution in [-0.4, -0.2) is 29.2 Å². The second kappa shape index (κ2) is 11.2.